The Morgan fingerprint density at radius 1 is 1.10 bits per heavy atom. The third-order valence-electron chi connectivity index (χ3n) is 5.63. The van der Waals surface area contributed by atoms with Crippen molar-refractivity contribution in [2.24, 2.45) is 5.92 Å². The van der Waals surface area contributed by atoms with Crippen LogP contribution in [0.3, 0.4) is 0 Å². The van der Waals surface area contributed by atoms with Crippen LogP contribution in [0.1, 0.15) is 41.6 Å². The number of piperidine rings is 1. The summed E-state index contributed by atoms with van der Waals surface area (Å²) in [6.45, 7) is 2.03. The molecular formula is C24H27ClN2O3. The Hall–Kier alpha value is -2.53. The van der Waals surface area contributed by atoms with Crippen LogP contribution >= 0.6 is 11.6 Å². The molecule has 1 saturated carbocycles. The minimum absolute atomic E-state index is 0.0420. The van der Waals surface area contributed by atoms with Gasteiger partial charge in [-0.05, 0) is 61.6 Å². The first-order valence-electron chi connectivity index (χ1n) is 10.6. The monoisotopic (exact) mass is 426 g/mol. The van der Waals surface area contributed by atoms with Crippen molar-refractivity contribution >= 4 is 23.4 Å². The number of hydrogen-bond donors (Lipinski definition) is 1. The van der Waals surface area contributed by atoms with Gasteiger partial charge in [-0.3, -0.25) is 9.59 Å². The Morgan fingerprint density at radius 2 is 1.90 bits per heavy atom. The zero-order valence-electron chi connectivity index (χ0n) is 17.0. The SMILES string of the molecule is O=C(NC1CC1)c1cccc(OC[C@H]2CCCN(C(=O)Cc3ccc(Cl)cc3)C2)c1. The Kier molecular flexibility index (Phi) is 6.58. The van der Waals surface area contributed by atoms with Crippen molar-refractivity contribution in [3.8, 4) is 5.75 Å². The van der Waals surface area contributed by atoms with Gasteiger partial charge in [0.05, 0.1) is 13.0 Å². The number of nitrogens with zero attached hydrogens (tertiary/aromatic N) is 1. The molecule has 4 rings (SSSR count). The number of carbonyl (C=O) groups is 2. The molecule has 1 atom stereocenters. The predicted molar refractivity (Wildman–Crippen MR) is 117 cm³/mol. The van der Waals surface area contributed by atoms with Gasteiger partial charge in [0.25, 0.3) is 5.91 Å². The van der Waals surface area contributed by atoms with Crippen LogP contribution in [0.25, 0.3) is 0 Å². The fourth-order valence-electron chi connectivity index (χ4n) is 3.75. The van der Waals surface area contributed by atoms with Crippen molar-refractivity contribution in [1.29, 1.82) is 0 Å². The lowest BCUT2D eigenvalue weighted by molar-refractivity contribution is -0.132. The van der Waals surface area contributed by atoms with E-state index in [4.69, 9.17) is 16.3 Å². The number of carbonyl (C=O) groups excluding carboxylic acids is 2. The maximum Gasteiger partial charge on any atom is 0.251 e. The van der Waals surface area contributed by atoms with Gasteiger partial charge in [-0.2, -0.15) is 0 Å². The fourth-order valence-corrected chi connectivity index (χ4v) is 3.88. The third-order valence-corrected chi connectivity index (χ3v) is 5.89. The zero-order valence-corrected chi connectivity index (χ0v) is 17.7. The van der Waals surface area contributed by atoms with Crippen molar-refractivity contribution < 1.29 is 14.3 Å². The molecule has 0 bridgehead atoms. The molecular weight excluding hydrogens is 400 g/mol. The second kappa shape index (κ2) is 9.52. The largest absolute Gasteiger partial charge is 0.493 e. The standard InChI is InChI=1S/C24H27ClN2O3/c25-20-8-6-17(7-9-20)13-23(28)27-12-2-3-18(15-27)16-30-22-5-1-4-19(14-22)24(29)26-21-10-11-21/h1,4-9,14,18,21H,2-3,10-13,15-16H2,(H,26,29)/t18-/m0/s1. The lowest BCUT2D eigenvalue weighted by atomic mass is 9.98. The molecule has 1 aliphatic heterocycles. The number of halogens is 1. The fraction of sp³-hybridized carbons (Fsp3) is 0.417. The molecule has 6 heteroatoms. The van der Waals surface area contributed by atoms with E-state index < -0.39 is 0 Å². The Bertz CT molecular complexity index is 896. The van der Waals surface area contributed by atoms with E-state index in [0.717, 1.165) is 37.8 Å². The summed E-state index contributed by atoms with van der Waals surface area (Å²) in [7, 11) is 0. The van der Waals surface area contributed by atoms with Gasteiger partial charge in [-0.1, -0.05) is 29.8 Å². The summed E-state index contributed by atoms with van der Waals surface area (Å²) in [5.74, 6) is 1.08. The Morgan fingerprint density at radius 3 is 2.67 bits per heavy atom. The van der Waals surface area contributed by atoms with Crippen LogP contribution in [0, 0.1) is 5.92 Å². The summed E-state index contributed by atoms with van der Waals surface area (Å²) in [5, 5.41) is 3.67. The first-order chi connectivity index (χ1) is 14.6. The number of ether oxygens (including phenoxy) is 1. The molecule has 1 aliphatic carbocycles. The predicted octanol–water partition coefficient (Wildman–Crippen LogP) is 4.09. The van der Waals surface area contributed by atoms with E-state index in [0.29, 0.717) is 41.9 Å². The molecule has 0 radical (unpaired) electrons. The molecule has 0 aromatic heterocycles. The number of nitrogens with one attached hydrogen (secondary N) is 1. The zero-order chi connectivity index (χ0) is 20.9. The van der Waals surface area contributed by atoms with E-state index in [1.54, 1.807) is 6.07 Å². The van der Waals surface area contributed by atoms with Crippen molar-refractivity contribution in [3.05, 3.63) is 64.7 Å². The maximum atomic E-state index is 12.7. The van der Waals surface area contributed by atoms with Gasteiger partial charge in [0, 0.05) is 35.6 Å². The Balaban J connectivity index is 1.28. The van der Waals surface area contributed by atoms with Crippen LogP contribution in [-0.4, -0.2) is 42.5 Å². The van der Waals surface area contributed by atoms with Crippen LogP contribution in [0.5, 0.6) is 5.75 Å². The van der Waals surface area contributed by atoms with Crippen molar-refractivity contribution in [2.45, 2.75) is 38.1 Å². The van der Waals surface area contributed by atoms with Gasteiger partial charge in [0.1, 0.15) is 5.75 Å². The maximum absolute atomic E-state index is 12.7. The average molecular weight is 427 g/mol. The molecule has 2 aromatic rings. The van der Waals surface area contributed by atoms with Gasteiger partial charge in [-0.25, -0.2) is 0 Å². The van der Waals surface area contributed by atoms with Crippen LogP contribution in [0.4, 0.5) is 0 Å². The van der Waals surface area contributed by atoms with Crippen LogP contribution in [0.2, 0.25) is 5.02 Å². The number of benzene rings is 2. The molecule has 5 nitrogen and oxygen atoms in total. The van der Waals surface area contributed by atoms with Gasteiger partial charge < -0.3 is 15.0 Å². The minimum Gasteiger partial charge on any atom is -0.493 e. The Labute approximate surface area is 182 Å². The lowest BCUT2D eigenvalue weighted by Gasteiger charge is -2.32. The van der Waals surface area contributed by atoms with Gasteiger partial charge >= 0.3 is 0 Å². The highest BCUT2D eigenvalue weighted by atomic mass is 35.5. The molecule has 2 aromatic carbocycles. The van der Waals surface area contributed by atoms with Crippen LogP contribution < -0.4 is 10.1 Å². The second-order valence-corrected chi connectivity index (χ2v) is 8.67. The topological polar surface area (TPSA) is 58.6 Å². The number of likely N-dealkylation sites (tertiary alicyclic amines) is 1. The average Bonchev–Trinajstić information content (AvgIpc) is 3.58. The summed E-state index contributed by atoms with van der Waals surface area (Å²) in [6.07, 6.45) is 4.54. The van der Waals surface area contributed by atoms with Crippen LogP contribution in [-0.2, 0) is 11.2 Å². The van der Waals surface area contributed by atoms with E-state index in [1.807, 2.05) is 47.4 Å². The van der Waals surface area contributed by atoms with E-state index in [-0.39, 0.29) is 17.7 Å². The molecule has 158 valence electrons. The molecule has 1 N–H and O–H groups in total. The molecule has 0 unspecified atom stereocenters. The lowest BCUT2D eigenvalue weighted by Crippen LogP contribution is -2.42. The van der Waals surface area contributed by atoms with Crippen molar-refractivity contribution in [2.75, 3.05) is 19.7 Å². The first kappa shape index (κ1) is 20.7. The van der Waals surface area contributed by atoms with Gasteiger partial charge in [0.15, 0.2) is 0 Å². The summed E-state index contributed by atoms with van der Waals surface area (Å²) in [4.78, 5) is 26.9. The summed E-state index contributed by atoms with van der Waals surface area (Å²) < 4.78 is 5.98. The van der Waals surface area contributed by atoms with Crippen LogP contribution in [0.15, 0.2) is 48.5 Å². The molecule has 2 aliphatic rings. The van der Waals surface area contributed by atoms with Crippen molar-refractivity contribution in [3.63, 3.8) is 0 Å². The molecule has 1 saturated heterocycles. The normalized spacial score (nSPS) is 18.7. The smallest absolute Gasteiger partial charge is 0.251 e. The molecule has 0 spiro atoms. The van der Waals surface area contributed by atoms with E-state index in [9.17, 15) is 9.59 Å². The molecule has 1 heterocycles. The summed E-state index contributed by atoms with van der Waals surface area (Å²) >= 11 is 5.92. The van der Waals surface area contributed by atoms with E-state index >= 15 is 0 Å². The number of amides is 2. The van der Waals surface area contributed by atoms with Crippen molar-refractivity contribution in [1.82, 2.24) is 10.2 Å². The summed E-state index contributed by atoms with van der Waals surface area (Å²) in [6, 6.07) is 15.1. The highest BCUT2D eigenvalue weighted by Gasteiger charge is 2.25. The molecule has 2 fully saturated rings. The molecule has 2 amide bonds. The second-order valence-electron chi connectivity index (χ2n) is 8.24. The number of hydrogen-bond acceptors (Lipinski definition) is 3. The van der Waals surface area contributed by atoms with E-state index in [2.05, 4.69) is 5.32 Å². The minimum atomic E-state index is -0.0420. The third kappa shape index (κ3) is 5.76. The highest BCUT2D eigenvalue weighted by molar-refractivity contribution is 6.30. The number of rotatable bonds is 7. The van der Waals surface area contributed by atoms with Gasteiger partial charge in [0.2, 0.25) is 5.91 Å². The first-order valence-corrected chi connectivity index (χ1v) is 11.0. The van der Waals surface area contributed by atoms with Gasteiger partial charge in [-0.15, -0.1) is 0 Å². The van der Waals surface area contributed by atoms with E-state index in [1.165, 1.54) is 0 Å². The highest BCUT2D eigenvalue weighted by Crippen LogP contribution is 2.22. The molecule has 30 heavy (non-hydrogen) atoms. The quantitative estimate of drug-likeness (QED) is 0.725. The summed E-state index contributed by atoms with van der Waals surface area (Å²) in [5.41, 5.74) is 1.60.